The summed E-state index contributed by atoms with van der Waals surface area (Å²) in [6, 6.07) is 18.5. The molecule has 29 heavy (non-hydrogen) atoms. The maximum absolute atomic E-state index is 12.9. The Morgan fingerprint density at radius 1 is 0.966 bits per heavy atom. The van der Waals surface area contributed by atoms with E-state index in [1.807, 2.05) is 47.1 Å². The molecule has 3 aromatic rings. The molecule has 1 aliphatic rings. The van der Waals surface area contributed by atoms with Crippen molar-refractivity contribution in [3.63, 3.8) is 0 Å². The van der Waals surface area contributed by atoms with Gasteiger partial charge in [0.25, 0.3) is 5.91 Å². The minimum absolute atomic E-state index is 0.132. The number of aromatic nitrogens is 2. The SMILES string of the molecule is Cn1ccnc1SCc1ccc(C(=O)N2CCN(Cc3ccccc3)CC2)cc1. The molecule has 4 rings (SSSR count). The lowest BCUT2D eigenvalue weighted by molar-refractivity contribution is 0.0628. The fraction of sp³-hybridized carbons (Fsp3) is 0.304. The van der Waals surface area contributed by atoms with Crippen molar-refractivity contribution in [3.8, 4) is 0 Å². The topological polar surface area (TPSA) is 41.4 Å². The Bertz CT molecular complexity index is 931. The van der Waals surface area contributed by atoms with Crippen molar-refractivity contribution >= 4 is 17.7 Å². The summed E-state index contributed by atoms with van der Waals surface area (Å²) in [6.45, 7) is 4.34. The maximum atomic E-state index is 12.9. The van der Waals surface area contributed by atoms with Gasteiger partial charge in [0, 0.05) is 63.5 Å². The molecule has 0 atom stereocenters. The fourth-order valence-corrected chi connectivity index (χ4v) is 4.40. The molecule has 6 heteroatoms. The van der Waals surface area contributed by atoms with Crippen LogP contribution in [0.2, 0.25) is 0 Å². The number of carbonyl (C=O) groups excluding carboxylic acids is 1. The van der Waals surface area contributed by atoms with Crippen molar-refractivity contribution < 1.29 is 4.79 Å². The van der Waals surface area contributed by atoms with Gasteiger partial charge in [0.15, 0.2) is 5.16 Å². The van der Waals surface area contributed by atoms with Crippen LogP contribution >= 0.6 is 11.8 Å². The first kappa shape index (κ1) is 19.7. The second kappa shape index (κ2) is 9.29. The summed E-state index contributed by atoms with van der Waals surface area (Å²) in [5, 5.41) is 0.999. The molecule has 0 radical (unpaired) electrons. The van der Waals surface area contributed by atoms with Gasteiger partial charge >= 0.3 is 0 Å². The van der Waals surface area contributed by atoms with Crippen molar-refractivity contribution in [1.82, 2.24) is 19.4 Å². The van der Waals surface area contributed by atoms with Crippen molar-refractivity contribution in [3.05, 3.63) is 83.7 Å². The molecule has 1 aromatic heterocycles. The van der Waals surface area contributed by atoms with E-state index in [0.29, 0.717) is 0 Å². The molecule has 1 amide bonds. The largest absolute Gasteiger partial charge is 0.336 e. The van der Waals surface area contributed by atoms with Crippen LogP contribution in [0.25, 0.3) is 0 Å². The standard InChI is InChI=1S/C23H26N4OS/c1-25-12-11-24-23(25)29-18-20-7-9-21(10-8-20)22(28)27-15-13-26(14-16-27)17-19-5-3-2-4-6-19/h2-12H,13-18H2,1H3. The Kier molecular flexibility index (Phi) is 6.32. The molecule has 0 unspecified atom stereocenters. The lowest BCUT2D eigenvalue weighted by atomic mass is 10.1. The number of rotatable bonds is 6. The molecule has 0 spiro atoms. The number of hydrogen-bond donors (Lipinski definition) is 0. The molecule has 2 aromatic carbocycles. The Morgan fingerprint density at radius 2 is 1.69 bits per heavy atom. The number of piperazine rings is 1. The molecule has 0 N–H and O–H groups in total. The van der Waals surface area contributed by atoms with Gasteiger partial charge in [-0.1, -0.05) is 54.2 Å². The van der Waals surface area contributed by atoms with Crippen LogP contribution in [-0.2, 0) is 19.3 Å². The predicted molar refractivity (Wildman–Crippen MR) is 117 cm³/mol. The molecule has 1 aliphatic heterocycles. The van der Waals surface area contributed by atoms with Gasteiger partial charge in [-0.15, -0.1) is 0 Å². The first-order chi connectivity index (χ1) is 14.2. The number of aryl methyl sites for hydroxylation is 1. The van der Waals surface area contributed by atoms with E-state index in [-0.39, 0.29) is 5.91 Å². The second-order valence-corrected chi connectivity index (χ2v) is 8.30. The highest BCUT2D eigenvalue weighted by Gasteiger charge is 2.22. The number of imidazole rings is 1. The van der Waals surface area contributed by atoms with Gasteiger partial charge in [-0.25, -0.2) is 4.98 Å². The number of nitrogens with zero attached hydrogens (tertiary/aromatic N) is 4. The van der Waals surface area contributed by atoms with Gasteiger partial charge < -0.3 is 9.47 Å². The van der Waals surface area contributed by atoms with Crippen LogP contribution in [0, 0.1) is 0 Å². The molecule has 2 heterocycles. The van der Waals surface area contributed by atoms with Crippen molar-refractivity contribution in [1.29, 1.82) is 0 Å². The summed E-state index contributed by atoms with van der Waals surface area (Å²) in [4.78, 5) is 21.6. The smallest absolute Gasteiger partial charge is 0.253 e. The summed E-state index contributed by atoms with van der Waals surface area (Å²) >= 11 is 1.70. The van der Waals surface area contributed by atoms with E-state index in [9.17, 15) is 4.79 Å². The van der Waals surface area contributed by atoms with Gasteiger partial charge in [-0.2, -0.15) is 0 Å². The third-order valence-electron chi connectivity index (χ3n) is 5.25. The van der Waals surface area contributed by atoms with E-state index < -0.39 is 0 Å². The third-order valence-corrected chi connectivity index (χ3v) is 6.38. The quantitative estimate of drug-likeness (QED) is 0.586. The summed E-state index contributed by atoms with van der Waals surface area (Å²) in [5.41, 5.74) is 3.29. The zero-order valence-electron chi connectivity index (χ0n) is 16.7. The molecule has 150 valence electrons. The lowest BCUT2D eigenvalue weighted by Gasteiger charge is -2.34. The third kappa shape index (κ3) is 5.08. The summed E-state index contributed by atoms with van der Waals surface area (Å²) in [6.07, 6.45) is 3.76. The highest BCUT2D eigenvalue weighted by Crippen LogP contribution is 2.21. The average molecular weight is 407 g/mol. The number of benzene rings is 2. The van der Waals surface area contributed by atoms with Gasteiger partial charge in [0.1, 0.15) is 0 Å². The van der Waals surface area contributed by atoms with Gasteiger partial charge in [0.05, 0.1) is 0 Å². The van der Waals surface area contributed by atoms with E-state index >= 15 is 0 Å². The Balaban J connectivity index is 1.28. The summed E-state index contributed by atoms with van der Waals surface area (Å²) in [5.74, 6) is 0.977. The summed E-state index contributed by atoms with van der Waals surface area (Å²) < 4.78 is 2.01. The fourth-order valence-electron chi connectivity index (χ4n) is 3.52. The molecular weight excluding hydrogens is 380 g/mol. The number of carbonyl (C=O) groups is 1. The molecular formula is C23H26N4OS. The molecule has 5 nitrogen and oxygen atoms in total. The van der Waals surface area contributed by atoms with Crippen molar-refractivity contribution in [2.45, 2.75) is 17.5 Å². The van der Waals surface area contributed by atoms with Crippen LogP contribution in [0.4, 0.5) is 0 Å². The predicted octanol–water partition coefficient (Wildman–Crippen LogP) is 3.67. The lowest BCUT2D eigenvalue weighted by Crippen LogP contribution is -2.48. The average Bonchev–Trinajstić information content (AvgIpc) is 3.18. The number of thioether (sulfide) groups is 1. The van der Waals surface area contributed by atoms with Crippen LogP contribution in [-0.4, -0.2) is 51.4 Å². The zero-order valence-corrected chi connectivity index (χ0v) is 17.5. The highest BCUT2D eigenvalue weighted by molar-refractivity contribution is 7.98. The van der Waals surface area contributed by atoms with Gasteiger partial charge in [0.2, 0.25) is 0 Å². The highest BCUT2D eigenvalue weighted by atomic mass is 32.2. The summed E-state index contributed by atoms with van der Waals surface area (Å²) in [7, 11) is 2.00. The first-order valence-electron chi connectivity index (χ1n) is 9.93. The van der Waals surface area contributed by atoms with E-state index in [1.165, 1.54) is 11.1 Å². The Labute approximate surface area is 176 Å². The number of amides is 1. The van der Waals surface area contributed by atoms with E-state index in [2.05, 4.69) is 46.3 Å². The Hall–Kier alpha value is -2.57. The normalized spacial score (nSPS) is 14.9. The molecule has 0 saturated carbocycles. The van der Waals surface area contributed by atoms with E-state index in [0.717, 1.165) is 49.2 Å². The zero-order chi connectivity index (χ0) is 20.1. The molecule has 0 bridgehead atoms. The second-order valence-electron chi connectivity index (χ2n) is 7.36. The molecule has 1 saturated heterocycles. The van der Waals surface area contributed by atoms with Crippen LogP contribution in [0.5, 0.6) is 0 Å². The molecule has 0 aliphatic carbocycles. The first-order valence-corrected chi connectivity index (χ1v) is 10.9. The van der Waals surface area contributed by atoms with Crippen LogP contribution in [0.1, 0.15) is 21.5 Å². The van der Waals surface area contributed by atoms with Crippen LogP contribution in [0.15, 0.2) is 72.1 Å². The molecule has 1 fully saturated rings. The van der Waals surface area contributed by atoms with Crippen molar-refractivity contribution in [2.24, 2.45) is 7.05 Å². The van der Waals surface area contributed by atoms with Crippen LogP contribution < -0.4 is 0 Å². The number of hydrogen-bond acceptors (Lipinski definition) is 4. The van der Waals surface area contributed by atoms with Gasteiger partial charge in [-0.3, -0.25) is 9.69 Å². The maximum Gasteiger partial charge on any atom is 0.253 e. The van der Waals surface area contributed by atoms with Crippen molar-refractivity contribution in [2.75, 3.05) is 26.2 Å². The Morgan fingerprint density at radius 3 is 2.34 bits per heavy atom. The minimum atomic E-state index is 0.132. The monoisotopic (exact) mass is 406 g/mol. The van der Waals surface area contributed by atoms with Gasteiger partial charge in [-0.05, 0) is 23.3 Å². The van der Waals surface area contributed by atoms with E-state index in [1.54, 1.807) is 11.8 Å². The van der Waals surface area contributed by atoms with E-state index in [4.69, 9.17) is 0 Å². The van der Waals surface area contributed by atoms with Crippen LogP contribution in [0.3, 0.4) is 0 Å². The minimum Gasteiger partial charge on any atom is -0.336 e.